The van der Waals surface area contributed by atoms with Crippen molar-refractivity contribution >= 4 is 5.91 Å². The molecule has 5 rings (SSSR count). The lowest BCUT2D eigenvalue weighted by Crippen LogP contribution is -2.60. The molecular formula is C18H24N2O2. The van der Waals surface area contributed by atoms with Crippen LogP contribution in [0.15, 0.2) is 23.1 Å². The van der Waals surface area contributed by atoms with Crippen LogP contribution in [0.25, 0.3) is 0 Å². The van der Waals surface area contributed by atoms with E-state index in [1.54, 1.807) is 19.2 Å². The van der Waals surface area contributed by atoms with E-state index in [9.17, 15) is 9.59 Å². The first-order chi connectivity index (χ1) is 10.5. The number of carbonyl (C=O) groups excluding carboxylic acids is 1. The molecule has 4 nitrogen and oxygen atoms in total. The molecule has 1 aromatic rings. The van der Waals surface area contributed by atoms with Crippen molar-refractivity contribution in [1.82, 2.24) is 9.88 Å². The molecule has 0 unspecified atom stereocenters. The highest BCUT2D eigenvalue weighted by Gasteiger charge is 2.51. The van der Waals surface area contributed by atoms with Gasteiger partial charge in [0.2, 0.25) is 5.91 Å². The van der Waals surface area contributed by atoms with Gasteiger partial charge in [-0.3, -0.25) is 9.59 Å². The van der Waals surface area contributed by atoms with E-state index in [4.69, 9.17) is 0 Å². The first-order valence-corrected chi connectivity index (χ1v) is 8.50. The third kappa shape index (κ3) is 2.38. The first kappa shape index (κ1) is 14.0. The smallest absolute Gasteiger partial charge is 0.253 e. The normalized spacial score (nSPS) is 35.6. The molecule has 4 aliphatic rings. The van der Waals surface area contributed by atoms with Gasteiger partial charge in [0.15, 0.2) is 0 Å². The number of hydrogen-bond donors (Lipinski definition) is 1. The molecule has 1 heterocycles. The molecular weight excluding hydrogens is 276 g/mol. The molecule has 0 atom stereocenters. The summed E-state index contributed by atoms with van der Waals surface area (Å²) in [5.74, 6) is 2.43. The van der Waals surface area contributed by atoms with Crippen LogP contribution in [0, 0.1) is 24.7 Å². The van der Waals surface area contributed by atoms with Gasteiger partial charge in [0.1, 0.15) is 6.54 Å². The standard InChI is InChI=1S/C18H24N2O2/c1-12-3-2-4-20(17(12)22)11-16(21)19-18-8-13-5-14(9-18)7-15(6-13)10-18/h2-4,13-15H,5-11H2,1H3,(H,19,21). The van der Waals surface area contributed by atoms with E-state index >= 15 is 0 Å². The summed E-state index contributed by atoms with van der Waals surface area (Å²) in [6, 6.07) is 3.62. The van der Waals surface area contributed by atoms with Crippen molar-refractivity contribution in [2.45, 2.75) is 57.5 Å². The molecule has 0 saturated heterocycles. The molecule has 0 aliphatic heterocycles. The lowest BCUT2D eigenvalue weighted by atomic mass is 9.53. The van der Waals surface area contributed by atoms with Crippen LogP contribution < -0.4 is 10.9 Å². The van der Waals surface area contributed by atoms with Gasteiger partial charge in [0.05, 0.1) is 0 Å². The van der Waals surface area contributed by atoms with Crippen molar-refractivity contribution in [3.63, 3.8) is 0 Å². The Bertz CT molecular complexity index is 626. The fraction of sp³-hybridized carbons (Fsp3) is 0.667. The van der Waals surface area contributed by atoms with Gasteiger partial charge in [-0.25, -0.2) is 0 Å². The Morgan fingerprint density at radius 2 is 1.82 bits per heavy atom. The summed E-state index contributed by atoms with van der Waals surface area (Å²) in [6.45, 7) is 1.93. The molecule has 4 heteroatoms. The number of rotatable bonds is 3. The molecule has 4 aliphatic carbocycles. The molecule has 0 aromatic carbocycles. The molecule has 1 N–H and O–H groups in total. The number of nitrogens with zero attached hydrogens (tertiary/aromatic N) is 1. The van der Waals surface area contributed by atoms with Gasteiger partial charge in [0.25, 0.3) is 5.56 Å². The van der Waals surface area contributed by atoms with Gasteiger partial charge in [-0.05, 0) is 69.3 Å². The summed E-state index contributed by atoms with van der Waals surface area (Å²) in [7, 11) is 0. The Labute approximate surface area is 130 Å². The second-order valence-corrected chi connectivity index (χ2v) is 7.87. The van der Waals surface area contributed by atoms with E-state index < -0.39 is 0 Å². The average molecular weight is 300 g/mol. The van der Waals surface area contributed by atoms with E-state index in [0.717, 1.165) is 37.0 Å². The second-order valence-electron chi connectivity index (χ2n) is 7.87. The average Bonchev–Trinajstić information content (AvgIpc) is 2.41. The minimum Gasteiger partial charge on any atom is -0.349 e. The number of amides is 1. The highest BCUT2D eigenvalue weighted by Crippen LogP contribution is 2.55. The fourth-order valence-corrected chi connectivity index (χ4v) is 5.54. The zero-order chi connectivity index (χ0) is 15.3. The highest BCUT2D eigenvalue weighted by atomic mass is 16.2. The minimum absolute atomic E-state index is 0.00495. The zero-order valence-corrected chi connectivity index (χ0v) is 13.2. The predicted molar refractivity (Wildman–Crippen MR) is 84.5 cm³/mol. The predicted octanol–water partition coefficient (Wildman–Crippen LogP) is 2.24. The van der Waals surface area contributed by atoms with Gasteiger partial charge in [-0.15, -0.1) is 0 Å². The minimum atomic E-state index is -0.0665. The maximum Gasteiger partial charge on any atom is 0.253 e. The van der Waals surface area contributed by atoms with Crippen LogP contribution >= 0.6 is 0 Å². The van der Waals surface area contributed by atoms with Crippen LogP contribution in [0.5, 0.6) is 0 Å². The summed E-state index contributed by atoms with van der Waals surface area (Å²) >= 11 is 0. The van der Waals surface area contributed by atoms with Crippen LogP contribution in [-0.2, 0) is 11.3 Å². The van der Waals surface area contributed by atoms with E-state index in [1.807, 2.05) is 6.07 Å². The Balaban J connectivity index is 1.48. The molecule has 1 amide bonds. The molecule has 4 fully saturated rings. The van der Waals surface area contributed by atoms with Crippen molar-refractivity contribution in [2.24, 2.45) is 17.8 Å². The van der Waals surface area contributed by atoms with Crippen molar-refractivity contribution in [1.29, 1.82) is 0 Å². The van der Waals surface area contributed by atoms with Crippen LogP contribution in [0.2, 0.25) is 0 Å². The Morgan fingerprint density at radius 1 is 1.23 bits per heavy atom. The number of aromatic nitrogens is 1. The summed E-state index contributed by atoms with van der Waals surface area (Å²) in [5.41, 5.74) is 0.646. The number of nitrogens with one attached hydrogen (secondary N) is 1. The van der Waals surface area contributed by atoms with Crippen LogP contribution in [0.3, 0.4) is 0 Å². The van der Waals surface area contributed by atoms with Crippen molar-refractivity contribution in [2.75, 3.05) is 0 Å². The SMILES string of the molecule is Cc1cccn(CC(=O)NC23CC4CC(CC(C4)C2)C3)c1=O. The molecule has 22 heavy (non-hydrogen) atoms. The summed E-state index contributed by atoms with van der Waals surface area (Å²) in [4.78, 5) is 24.5. The van der Waals surface area contributed by atoms with E-state index in [0.29, 0.717) is 5.56 Å². The van der Waals surface area contributed by atoms with Gasteiger partial charge < -0.3 is 9.88 Å². The maximum atomic E-state index is 12.5. The fourth-order valence-electron chi connectivity index (χ4n) is 5.54. The number of pyridine rings is 1. The summed E-state index contributed by atoms with van der Waals surface area (Å²) in [6.07, 6.45) is 9.24. The van der Waals surface area contributed by atoms with Crippen molar-refractivity contribution in [3.8, 4) is 0 Å². The summed E-state index contributed by atoms with van der Waals surface area (Å²) < 4.78 is 1.52. The van der Waals surface area contributed by atoms with Crippen LogP contribution in [0.1, 0.15) is 44.1 Å². The van der Waals surface area contributed by atoms with Crippen molar-refractivity contribution < 1.29 is 4.79 Å². The van der Waals surface area contributed by atoms with E-state index in [1.165, 1.54) is 23.8 Å². The monoisotopic (exact) mass is 300 g/mol. The molecule has 0 spiro atoms. The van der Waals surface area contributed by atoms with Crippen molar-refractivity contribution in [3.05, 3.63) is 34.2 Å². The lowest BCUT2D eigenvalue weighted by molar-refractivity contribution is -0.127. The van der Waals surface area contributed by atoms with Gasteiger partial charge in [-0.2, -0.15) is 0 Å². The van der Waals surface area contributed by atoms with Crippen LogP contribution in [0.4, 0.5) is 0 Å². The number of aryl methyl sites for hydroxylation is 1. The third-order valence-corrected chi connectivity index (χ3v) is 5.97. The first-order valence-electron chi connectivity index (χ1n) is 8.50. The Morgan fingerprint density at radius 3 is 2.41 bits per heavy atom. The van der Waals surface area contributed by atoms with E-state index in [2.05, 4.69) is 5.32 Å². The number of hydrogen-bond acceptors (Lipinski definition) is 2. The molecule has 4 bridgehead atoms. The molecule has 0 radical (unpaired) electrons. The molecule has 1 aromatic heterocycles. The van der Waals surface area contributed by atoms with Gasteiger partial charge in [-0.1, -0.05) is 6.07 Å². The Hall–Kier alpha value is -1.58. The maximum absolute atomic E-state index is 12.5. The summed E-state index contributed by atoms with van der Waals surface area (Å²) in [5, 5.41) is 3.32. The van der Waals surface area contributed by atoms with Gasteiger partial charge in [0, 0.05) is 17.3 Å². The molecule has 4 saturated carbocycles. The van der Waals surface area contributed by atoms with Crippen LogP contribution in [-0.4, -0.2) is 16.0 Å². The quantitative estimate of drug-likeness (QED) is 0.931. The zero-order valence-electron chi connectivity index (χ0n) is 13.2. The number of carbonyl (C=O) groups is 1. The van der Waals surface area contributed by atoms with E-state index in [-0.39, 0.29) is 23.6 Å². The lowest BCUT2D eigenvalue weighted by Gasteiger charge is -2.56. The highest BCUT2D eigenvalue weighted by molar-refractivity contribution is 5.76. The topological polar surface area (TPSA) is 51.1 Å². The third-order valence-electron chi connectivity index (χ3n) is 5.97. The molecule has 118 valence electrons. The largest absolute Gasteiger partial charge is 0.349 e. The Kier molecular flexibility index (Phi) is 3.17. The second kappa shape index (κ2) is 4.97. The van der Waals surface area contributed by atoms with Gasteiger partial charge >= 0.3 is 0 Å².